The molecule has 1 atom stereocenters. The van der Waals surface area contributed by atoms with Gasteiger partial charge in [-0.15, -0.1) is 0 Å². The van der Waals surface area contributed by atoms with E-state index in [9.17, 15) is 9.59 Å². The van der Waals surface area contributed by atoms with Crippen LogP contribution in [0.5, 0.6) is 0 Å². The fraction of sp³-hybridized carbons (Fsp3) is 0.400. The third kappa shape index (κ3) is 3.01. The number of amides is 2. The van der Waals surface area contributed by atoms with Crippen LogP contribution in [0.25, 0.3) is 0 Å². The molecule has 0 saturated carbocycles. The summed E-state index contributed by atoms with van der Waals surface area (Å²) in [6.45, 7) is 6.61. The molecule has 1 aromatic carbocycles. The summed E-state index contributed by atoms with van der Waals surface area (Å²) < 4.78 is 2.25. The van der Waals surface area contributed by atoms with Gasteiger partial charge in [-0.05, 0) is 49.2 Å². The van der Waals surface area contributed by atoms with Crippen LogP contribution >= 0.6 is 0 Å². The molecular formula is C20H24N4O2. The van der Waals surface area contributed by atoms with E-state index in [-0.39, 0.29) is 17.9 Å². The van der Waals surface area contributed by atoms with Gasteiger partial charge in [-0.25, -0.2) is 0 Å². The van der Waals surface area contributed by atoms with Gasteiger partial charge >= 0.3 is 0 Å². The Morgan fingerprint density at radius 3 is 2.85 bits per heavy atom. The van der Waals surface area contributed by atoms with Crippen molar-refractivity contribution < 1.29 is 9.59 Å². The van der Waals surface area contributed by atoms with Crippen molar-refractivity contribution in [2.24, 2.45) is 0 Å². The summed E-state index contributed by atoms with van der Waals surface area (Å²) in [4.78, 5) is 28.2. The van der Waals surface area contributed by atoms with Crippen molar-refractivity contribution in [3.8, 4) is 0 Å². The van der Waals surface area contributed by atoms with Gasteiger partial charge in [0.25, 0.3) is 0 Å². The first kappa shape index (κ1) is 16.8. The first-order chi connectivity index (χ1) is 12.5. The predicted molar refractivity (Wildman–Crippen MR) is 101 cm³/mol. The average Bonchev–Trinajstić information content (AvgIpc) is 3.24. The SMILES string of the molecule is CC(=O)N1CCc2cc(NC(=O)CN3CCn4cccc4C3C)ccc21. The minimum atomic E-state index is -0.00164. The van der Waals surface area contributed by atoms with E-state index in [0.717, 1.165) is 36.4 Å². The molecule has 4 rings (SSSR count). The predicted octanol–water partition coefficient (Wildman–Crippen LogP) is 2.41. The second-order valence-corrected chi connectivity index (χ2v) is 7.09. The Kier molecular flexibility index (Phi) is 4.28. The van der Waals surface area contributed by atoms with Crippen LogP contribution in [0.4, 0.5) is 11.4 Å². The molecular weight excluding hydrogens is 328 g/mol. The topological polar surface area (TPSA) is 57.6 Å². The summed E-state index contributed by atoms with van der Waals surface area (Å²) in [7, 11) is 0. The Balaban J connectivity index is 1.41. The van der Waals surface area contributed by atoms with E-state index in [1.54, 1.807) is 11.8 Å². The molecule has 0 radical (unpaired) electrons. The maximum Gasteiger partial charge on any atom is 0.238 e. The molecule has 0 fully saturated rings. The maximum atomic E-state index is 12.5. The van der Waals surface area contributed by atoms with Crippen LogP contribution in [-0.2, 0) is 22.6 Å². The molecule has 0 aliphatic carbocycles. The number of anilines is 2. The molecule has 26 heavy (non-hydrogen) atoms. The summed E-state index contributed by atoms with van der Waals surface area (Å²) in [6, 6.07) is 10.2. The summed E-state index contributed by atoms with van der Waals surface area (Å²) in [6.07, 6.45) is 2.93. The molecule has 136 valence electrons. The number of carbonyl (C=O) groups is 2. The molecule has 2 aliphatic heterocycles. The highest BCUT2D eigenvalue weighted by Gasteiger charge is 2.26. The van der Waals surface area contributed by atoms with Crippen molar-refractivity contribution in [3.05, 3.63) is 47.8 Å². The molecule has 0 saturated heterocycles. The Morgan fingerprint density at radius 1 is 1.19 bits per heavy atom. The molecule has 2 amide bonds. The Hall–Kier alpha value is -2.60. The fourth-order valence-corrected chi connectivity index (χ4v) is 4.03. The molecule has 1 aromatic heterocycles. The van der Waals surface area contributed by atoms with Crippen LogP contribution in [-0.4, -0.2) is 40.9 Å². The zero-order valence-electron chi connectivity index (χ0n) is 15.2. The Labute approximate surface area is 153 Å². The number of hydrogen-bond acceptors (Lipinski definition) is 3. The largest absolute Gasteiger partial charge is 0.349 e. The van der Waals surface area contributed by atoms with Gasteiger partial charge in [-0.2, -0.15) is 0 Å². The summed E-state index contributed by atoms with van der Waals surface area (Å²) in [5.41, 5.74) is 4.13. The Bertz CT molecular complexity index is 857. The van der Waals surface area contributed by atoms with E-state index in [1.165, 1.54) is 5.69 Å². The van der Waals surface area contributed by atoms with Gasteiger partial charge in [0.05, 0.1) is 6.54 Å². The zero-order chi connectivity index (χ0) is 18.3. The highest BCUT2D eigenvalue weighted by molar-refractivity contribution is 5.96. The average molecular weight is 352 g/mol. The summed E-state index contributed by atoms with van der Waals surface area (Å²) in [5.74, 6) is 0.0580. The van der Waals surface area contributed by atoms with Gasteiger partial charge in [0.2, 0.25) is 11.8 Å². The molecule has 6 nitrogen and oxygen atoms in total. The van der Waals surface area contributed by atoms with E-state index in [1.807, 2.05) is 18.2 Å². The lowest BCUT2D eigenvalue weighted by atomic mass is 10.1. The van der Waals surface area contributed by atoms with Gasteiger partial charge in [0.15, 0.2) is 0 Å². The molecule has 3 heterocycles. The van der Waals surface area contributed by atoms with Crippen LogP contribution in [0.2, 0.25) is 0 Å². The second kappa shape index (κ2) is 6.61. The lowest BCUT2D eigenvalue weighted by molar-refractivity contribution is -0.118. The maximum absolute atomic E-state index is 12.5. The van der Waals surface area contributed by atoms with Crippen LogP contribution in [0.1, 0.15) is 31.1 Å². The van der Waals surface area contributed by atoms with Gasteiger partial charge in [0, 0.05) is 55.9 Å². The molecule has 0 bridgehead atoms. The number of rotatable bonds is 3. The van der Waals surface area contributed by atoms with Gasteiger partial charge in [-0.1, -0.05) is 0 Å². The summed E-state index contributed by atoms with van der Waals surface area (Å²) in [5, 5.41) is 3.01. The summed E-state index contributed by atoms with van der Waals surface area (Å²) >= 11 is 0. The molecule has 1 unspecified atom stereocenters. The smallest absolute Gasteiger partial charge is 0.238 e. The van der Waals surface area contributed by atoms with Crippen molar-refractivity contribution in [2.45, 2.75) is 32.9 Å². The van der Waals surface area contributed by atoms with E-state index in [2.05, 4.69) is 40.0 Å². The van der Waals surface area contributed by atoms with E-state index in [0.29, 0.717) is 13.1 Å². The monoisotopic (exact) mass is 352 g/mol. The van der Waals surface area contributed by atoms with Gasteiger partial charge in [0.1, 0.15) is 0 Å². The van der Waals surface area contributed by atoms with Gasteiger partial charge < -0.3 is 14.8 Å². The number of fused-ring (bicyclic) bond motifs is 2. The van der Waals surface area contributed by atoms with Crippen molar-refractivity contribution in [1.29, 1.82) is 0 Å². The van der Waals surface area contributed by atoms with E-state index in [4.69, 9.17) is 0 Å². The minimum absolute atomic E-state index is 0.00164. The third-order valence-electron chi connectivity index (χ3n) is 5.45. The molecule has 6 heteroatoms. The molecule has 0 spiro atoms. The Morgan fingerprint density at radius 2 is 2.04 bits per heavy atom. The minimum Gasteiger partial charge on any atom is -0.349 e. The quantitative estimate of drug-likeness (QED) is 0.923. The van der Waals surface area contributed by atoms with Crippen LogP contribution in [0.15, 0.2) is 36.5 Å². The lowest BCUT2D eigenvalue weighted by Crippen LogP contribution is -2.41. The standard InChI is InChI=1S/C20H24N4O2/c1-14-18-4-3-8-22(18)10-11-23(14)13-20(26)21-17-5-6-19-16(12-17)7-9-24(19)15(2)25/h3-6,8,12,14H,7,9-11,13H2,1-2H3,(H,21,26). The van der Waals surface area contributed by atoms with Crippen LogP contribution < -0.4 is 10.2 Å². The lowest BCUT2D eigenvalue weighted by Gasteiger charge is -2.34. The molecule has 1 N–H and O–H groups in total. The zero-order valence-corrected chi connectivity index (χ0v) is 15.2. The number of aromatic nitrogens is 1. The molecule has 2 aromatic rings. The number of hydrogen-bond donors (Lipinski definition) is 1. The normalized spacial score (nSPS) is 19.2. The first-order valence-corrected chi connectivity index (χ1v) is 9.13. The highest BCUT2D eigenvalue weighted by atomic mass is 16.2. The van der Waals surface area contributed by atoms with Crippen molar-refractivity contribution in [3.63, 3.8) is 0 Å². The van der Waals surface area contributed by atoms with Crippen molar-refractivity contribution in [2.75, 3.05) is 29.9 Å². The number of benzene rings is 1. The van der Waals surface area contributed by atoms with E-state index >= 15 is 0 Å². The van der Waals surface area contributed by atoms with Crippen LogP contribution in [0.3, 0.4) is 0 Å². The molecule has 2 aliphatic rings. The number of nitrogens with one attached hydrogen (secondary N) is 1. The van der Waals surface area contributed by atoms with Crippen molar-refractivity contribution >= 4 is 23.2 Å². The number of nitrogens with zero attached hydrogens (tertiary/aromatic N) is 3. The first-order valence-electron chi connectivity index (χ1n) is 9.13. The third-order valence-corrected chi connectivity index (χ3v) is 5.45. The van der Waals surface area contributed by atoms with E-state index < -0.39 is 0 Å². The van der Waals surface area contributed by atoms with Gasteiger partial charge in [-0.3, -0.25) is 14.5 Å². The second-order valence-electron chi connectivity index (χ2n) is 7.09. The van der Waals surface area contributed by atoms with Crippen molar-refractivity contribution in [1.82, 2.24) is 9.47 Å². The fourth-order valence-electron chi connectivity index (χ4n) is 4.03. The highest BCUT2D eigenvalue weighted by Crippen LogP contribution is 2.30. The number of carbonyl (C=O) groups excluding carboxylic acids is 2. The van der Waals surface area contributed by atoms with Crippen LogP contribution in [0, 0.1) is 0 Å².